The zero-order valence-corrected chi connectivity index (χ0v) is 17.3. The van der Waals surface area contributed by atoms with Crippen molar-refractivity contribution in [2.45, 2.75) is 51.4 Å². The van der Waals surface area contributed by atoms with E-state index in [1.165, 1.54) is 7.11 Å². The van der Waals surface area contributed by atoms with E-state index in [4.69, 9.17) is 4.74 Å². The molecular weight excluding hydrogens is 378 g/mol. The van der Waals surface area contributed by atoms with E-state index in [0.717, 1.165) is 37.1 Å². The zero-order chi connectivity index (χ0) is 20.3. The summed E-state index contributed by atoms with van der Waals surface area (Å²) < 4.78 is 35.5. The van der Waals surface area contributed by atoms with Crippen molar-refractivity contribution >= 4 is 16.0 Å². The van der Waals surface area contributed by atoms with E-state index in [9.17, 15) is 13.2 Å². The van der Waals surface area contributed by atoms with Crippen LogP contribution in [0.25, 0.3) is 0 Å². The van der Waals surface area contributed by atoms with E-state index >= 15 is 0 Å². The molecule has 0 radical (unpaired) electrons. The third-order valence-electron chi connectivity index (χ3n) is 5.06. The molecule has 1 aromatic heterocycles. The molecule has 0 saturated heterocycles. The van der Waals surface area contributed by atoms with Crippen LogP contribution in [0.4, 0.5) is 0 Å². The van der Waals surface area contributed by atoms with Crippen molar-refractivity contribution in [3.8, 4) is 0 Å². The summed E-state index contributed by atoms with van der Waals surface area (Å²) >= 11 is 0. The van der Waals surface area contributed by atoms with E-state index in [-0.39, 0.29) is 12.5 Å². The maximum atomic E-state index is 13.1. The summed E-state index contributed by atoms with van der Waals surface area (Å²) in [6.07, 6.45) is 2.71. The van der Waals surface area contributed by atoms with Crippen LogP contribution in [0, 0.1) is 5.92 Å². The fourth-order valence-corrected chi connectivity index (χ4v) is 5.58. The summed E-state index contributed by atoms with van der Waals surface area (Å²) in [6.45, 7) is 4.45. The lowest BCUT2D eigenvalue weighted by Gasteiger charge is -2.22. The molecule has 1 aromatic carbocycles. The number of aryl methyl sites for hydroxylation is 1. The van der Waals surface area contributed by atoms with Crippen LogP contribution < -0.4 is 4.72 Å². The molecular formula is C20H27N3O4S. The predicted molar refractivity (Wildman–Crippen MR) is 106 cm³/mol. The van der Waals surface area contributed by atoms with Crippen molar-refractivity contribution in [3.63, 3.8) is 0 Å². The molecule has 1 unspecified atom stereocenters. The molecule has 2 heterocycles. The van der Waals surface area contributed by atoms with Gasteiger partial charge < -0.3 is 4.74 Å². The van der Waals surface area contributed by atoms with Gasteiger partial charge in [-0.1, -0.05) is 44.2 Å². The minimum atomic E-state index is -3.67. The Kier molecular flexibility index (Phi) is 6.20. The molecule has 0 spiro atoms. The summed E-state index contributed by atoms with van der Waals surface area (Å²) in [4.78, 5) is 12.3. The number of methoxy groups -OCH3 is 1. The Morgan fingerprint density at radius 2 is 1.96 bits per heavy atom. The predicted octanol–water partition coefficient (Wildman–Crippen LogP) is 2.82. The number of sulfonamides is 1. The molecule has 0 amide bonds. The average Bonchev–Trinajstić information content (AvgIpc) is 3.05. The average molecular weight is 406 g/mol. The summed E-state index contributed by atoms with van der Waals surface area (Å²) in [6, 6.07) is 9.16. The van der Waals surface area contributed by atoms with Gasteiger partial charge in [-0.3, -0.25) is 4.68 Å². The second kappa shape index (κ2) is 8.45. The number of ether oxygens (including phenoxy) is 1. The Balaban J connectivity index is 1.88. The van der Waals surface area contributed by atoms with Gasteiger partial charge in [-0.25, -0.2) is 17.9 Å². The largest absolute Gasteiger partial charge is 0.465 e. The lowest BCUT2D eigenvalue weighted by molar-refractivity contribution is 0.0597. The second-order valence-corrected chi connectivity index (χ2v) is 9.27. The number of nitrogens with one attached hydrogen (secondary N) is 1. The van der Waals surface area contributed by atoms with Gasteiger partial charge in [0, 0.05) is 6.54 Å². The summed E-state index contributed by atoms with van der Waals surface area (Å²) in [5, 5.41) is 3.80. The standard InChI is InChI=1S/C20H27N3O4S/c1-14(2)19(15-9-5-4-6-10-15)28(25,26)21-13-16-18(20(24)27-3)17-11-7-8-12-23(17)22-16/h4-6,9-10,14,19,21H,7-8,11-13H2,1-3H3. The number of carbonyl (C=O) groups is 1. The van der Waals surface area contributed by atoms with Crippen molar-refractivity contribution in [2.75, 3.05) is 7.11 Å². The third kappa shape index (κ3) is 4.12. The molecule has 1 N–H and O–H groups in total. The Morgan fingerprint density at radius 3 is 2.61 bits per heavy atom. The van der Waals surface area contributed by atoms with Gasteiger partial charge in [0.2, 0.25) is 10.0 Å². The summed E-state index contributed by atoms with van der Waals surface area (Å²) in [5.74, 6) is -0.587. The quantitative estimate of drug-likeness (QED) is 0.716. The maximum absolute atomic E-state index is 13.1. The third-order valence-corrected chi connectivity index (χ3v) is 7.09. The zero-order valence-electron chi connectivity index (χ0n) is 16.5. The molecule has 0 bridgehead atoms. The number of hydrogen-bond donors (Lipinski definition) is 1. The highest BCUT2D eigenvalue weighted by atomic mass is 32.2. The molecule has 1 aliphatic heterocycles. The number of carbonyl (C=O) groups excluding carboxylic acids is 1. The number of esters is 1. The van der Waals surface area contributed by atoms with E-state index in [0.29, 0.717) is 11.3 Å². The summed E-state index contributed by atoms with van der Waals surface area (Å²) in [7, 11) is -2.35. The van der Waals surface area contributed by atoms with Crippen molar-refractivity contribution in [2.24, 2.45) is 5.92 Å². The maximum Gasteiger partial charge on any atom is 0.341 e. The Morgan fingerprint density at radius 1 is 1.25 bits per heavy atom. The highest BCUT2D eigenvalue weighted by Gasteiger charge is 2.32. The normalized spacial score (nSPS) is 15.3. The first-order valence-corrected chi connectivity index (χ1v) is 11.1. The van der Waals surface area contributed by atoms with Crippen LogP contribution >= 0.6 is 0 Å². The number of hydrogen-bond acceptors (Lipinski definition) is 5. The molecule has 8 heteroatoms. The van der Waals surface area contributed by atoms with Crippen LogP contribution in [-0.2, 0) is 34.3 Å². The van der Waals surface area contributed by atoms with Gasteiger partial charge in [-0.2, -0.15) is 5.10 Å². The fraction of sp³-hybridized carbons (Fsp3) is 0.500. The molecule has 152 valence electrons. The molecule has 7 nitrogen and oxygen atoms in total. The van der Waals surface area contributed by atoms with Gasteiger partial charge in [-0.15, -0.1) is 0 Å². The topological polar surface area (TPSA) is 90.3 Å². The van der Waals surface area contributed by atoms with Crippen LogP contribution in [0.5, 0.6) is 0 Å². The van der Waals surface area contributed by atoms with Crippen LogP contribution in [0.3, 0.4) is 0 Å². The van der Waals surface area contributed by atoms with Gasteiger partial charge in [-0.05, 0) is 30.7 Å². The van der Waals surface area contributed by atoms with E-state index in [1.807, 2.05) is 44.2 Å². The molecule has 1 atom stereocenters. The first kappa shape index (κ1) is 20.5. The molecule has 0 aliphatic carbocycles. The van der Waals surface area contributed by atoms with Gasteiger partial charge in [0.25, 0.3) is 0 Å². The van der Waals surface area contributed by atoms with E-state index in [1.54, 1.807) is 4.68 Å². The lowest BCUT2D eigenvalue weighted by Crippen LogP contribution is -2.32. The van der Waals surface area contributed by atoms with Crippen LogP contribution in [0.15, 0.2) is 30.3 Å². The second-order valence-electron chi connectivity index (χ2n) is 7.38. The fourth-order valence-electron chi connectivity index (χ4n) is 3.83. The number of benzene rings is 1. The summed E-state index contributed by atoms with van der Waals surface area (Å²) in [5.41, 5.74) is 2.38. The molecule has 1 aliphatic rings. The van der Waals surface area contributed by atoms with Crippen molar-refractivity contribution < 1.29 is 17.9 Å². The van der Waals surface area contributed by atoms with Gasteiger partial charge in [0.15, 0.2) is 0 Å². The van der Waals surface area contributed by atoms with Crippen molar-refractivity contribution in [1.29, 1.82) is 0 Å². The van der Waals surface area contributed by atoms with Crippen molar-refractivity contribution in [1.82, 2.24) is 14.5 Å². The number of aromatic nitrogens is 2. The van der Waals surface area contributed by atoms with E-state index in [2.05, 4.69) is 9.82 Å². The van der Waals surface area contributed by atoms with E-state index < -0.39 is 21.2 Å². The molecule has 28 heavy (non-hydrogen) atoms. The Hall–Kier alpha value is -2.19. The molecule has 0 fully saturated rings. The Bertz CT molecular complexity index is 936. The van der Waals surface area contributed by atoms with Crippen LogP contribution in [0.2, 0.25) is 0 Å². The number of fused-ring (bicyclic) bond motifs is 1. The van der Waals surface area contributed by atoms with Crippen LogP contribution in [0.1, 0.15) is 59.2 Å². The molecule has 3 rings (SSSR count). The minimum absolute atomic E-state index is 0.0389. The van der Waals surface area contributed by atoms with Gasteiger partial charge >= 0.3 is 5.97 Å². The number of rotatable bonds is 7. The minimum Gasteiger partial charge on any atom is -0.465 e. The molecule has 2 aromatic rings. The Labute approximate surface area is 166 Å². The first-order valence-electron chi connectivity index (χ1n) is 9.55. The monoisotopic (exact) mass is 405 g/mol. The smallest absolute Gasteiger partial charge is 0.341 e. The number of nitrogens with zero attached hydrogens (tertiary/aromatic N) is 2. The SMILES string of the molecule is COC(=O)c1c(CNS(=O)(=O)C(c2ccccc2)C(C)C)nn2c1CCCC2. The highest BCUT2D eigenvalue weighted by molar-refractivity contribution is 7.89. The molecule has 0 saturated carbocycles. The first-order chi connectivity index (χ1) is 13.3. The lowest BCUT2D eigenvalue weighted by atomic mass is 10.0. The highest BCUT2D eigenvalue weighted by Crippen LogP contribution is 2.30. The van der Waals surface area contributed by atoms with Crippen LogP contribution in [-0.4, -0.2) is 31.3 Å². The van der Waals surface area contributed by atoms with Crippen molar-refractivity contribution in [3.05, 3.63) is 52.8 Å². The van der Waals surface area contributed by atoms with Gasteiger partial charge in [0.1, 0.15) is 10.8 Å². The van der Waals surface area contributed by atoms with Gasteiger partial charge in [0.05, 0.1) is 25.0 Å².